The molecule has 0 aliphatic rings. The number of nitrogens with zero attached hydrogens (tertiary/aromatic N) is 4. The minimum absolute atomic E-state index is 0.195. The molecule has 0 fully saturated rings. The number of carboxylic acids is 1. The summed E-state index contributed by atoms with van der Waals surface area (Å²) in [6.45, 7) is 0. The minimum atomic E-state index is -4.55. The largest absolute Gasteiger partial charge is 0.476 e. The van der Waals surface area contributed by atoms with Crippen LogP contribution in [0, 0.1) is 0 Å². The maximum atomic E-state index is 13.2. The summed E-state index contributed by atoms with van der Waals surface area (Å²) in [6.07, 6.45) is -1.81. The van der Waals surface area contributed by atoms with Crippen molar-refractivity contribution >= 4 is 22.5 Å². The number of aromatic carboxylic acids is 1. The zero-order valence-electron chi connectivity index (χ0n) is 12.2. The summed E-state index contributed by atoms with van der Waals surface area (Å²) in [6, 6.07) is 4.63. The molecule has 0 saturated heterocycles. The average Bonchev–Trinajstić information content (AvgIpc) is 3.19. The molecular formula is C15H8F3N5O2. The van der Waals surface area contributed by atoms with E-state index in [1.165, 1.54) is 29.0 Å². The Hall–Kier alpha value is -3.43. The summed E-state index contributed by atoms with van der Waals surface area (Å²) in [5.74, 6) is -1.25. The molecule has 0 aliphatic heterocycles. The summed E-state index contributed by atoms with van der Waals surface area (Å²) in [5, 5.41) is 19.8. The number of alkyl halides is 3. The predicted octanol–water partition coefficient (Wildman–Crippen LogP) is 2.99. The molecule has 2 N–H and O–H groups in total. The van der Waals surface area contributed by atoms with E-state index in [4.69, 9.17) is 5.11 Å². The molecule has 10 heteroatoms. The van der Waals surface area contributed by atoms with Crippen LogP contribution in [0.1, 0.15) is 16.1 Å². The number of hydrogen-bond donors (Lipinski definition) is 2. The molecule has 4 aromatic rings. The fraction of sp³-hybridized carbons (Fsp3) is 0.0667. The van der Waals surface area contributed by atoms with Crippen molar-refractivity contribution in [1.82, 2.24) is 24.8 Å². The molecule has 0 bridgehead atoms. The van der Waals surface area contributed by atoms with Gasteiger partial charge in [-0.05, 0) is 24.3 Å². The normalized spacial score (nSPS) is 12.1. The van der Waals surface area contributed by atoms with Crippen LogP contribution in [-0.4, -0.2) is 35.9 Å². The maximum Gasteiger partial charge on any atom is 0.416 e. The molecule has 25 heavy (non-hydrogen) atoms. The molecule has 3 aromatic heterocycles. The smallest absolute Gasteiger partial charge is 0.416 e. The van der Waals surface area contributed by atoms with Crippen molar-refractivity contribution < 1.29 is 23.1 Å². The molecule has 126 valence electrons. The van der Waals surface area contributed by atoms with Crippen molar-refractivity contribution in [2.24, 2.45) is 0 Å². The number of imidazole rings is 1. The summed E-state index contributed by atoms with van der Waals surface area (Å²) < 4.78 is 40.7. The van der Waals surface area contributed by atoms with E-state index in [1.807, 2.05) is 0 Å². The molecule has 0 amide bonds. The number of aromatic amines is 1. The summed E-state index contributed by atoms with van der Waals surface area (Å²) in [5.41, 5.74) is -0.161. The lowest BCUT2D eigenvalue weighted by atomic mass is 10.0. The Morgan fingerprint density at radius 1 is 1.20 bits per heavy atom. The maximum absolute atomic E-state index is 13.2. The summed E-state index contributed by atoms with van der Waals surface area (Å²) >= 11 is 0. The lowest BCUT2D eigenvalue weighted by molar-refractivity contribution is -0.137. The first-order valence-electron chi connectivity index (χ1n) is 6.97. The highest BCUT2D eigenvalue weighted by Crippen LogP contribution is 2.36. The Balaban J connectivity index is 2.04. The van der Waals surface area contributed by atoms with Crippen molar-refractivity contribution in [3.8, 4) is 11.3 Å². The Bertz CT molecular complexity index is 1130. The topological polar surface area (TPSA) is 96.2 Å². The lowest BCUT2D eigenvalue weighted by Gasteiger charge is -2.10. The fourth-order valence-corrected chi connectivity index (χ4v) is 2.60. The van der Waals surface area contributed by atoms with Gasteiger partial charge in [-0.3, -0.25) is 5.10 Å². The second kappa shape index (κ2) is 5.03. The highest BCUT2D eigenvalue weighted by Gasteiger charge is 2.32. The van der Waals surface area contributed by atoms with Gasteiger partial charge in [-0.2, -0.15) is 23.4 Å². The zero-order valence-corrected chi connectivity index (χ0v) is 12.2. The van der Waals surface area contributed by atoms with Gasteiger partial charge in [-0.15, -0.1) is 0 Å². The highest BCUT2D eigenvalue weighted by atomic mass is 19.4. The van der Waals surface area contributed by atoms with Gasteiger partial charge >= 0.3 is 12.1 Å². The van der Waals surface area contributed by atoms with E-state index in [1.54, 1.807) is 0 Å². The molecule has 0 radical (unpaired) electrons. The van der Waals surface area contributed by atoms with Crippen LogP contribution in [0.3, 0.4) is 0 Å². The molecule has 0 saturated carbocycles. The van der Waals surface area contributed by atoms with E-state index in [-0.39, 0.29) is 22.5 Å². The third kappa shape index (κ3) is 2.38. The van der Waals surface area contributed by atoms with Crippen LogP contribution < -0.4 is 0 Å². The number of carbonyl (C=O) groups is 1. The van der Waals surface area contributed by atoms with Gasteiger partial charge in [0.1, 0.15) is 0 Å². The quantitative estimate of drug-likeness (QED) is 0.581. The van der Waals surface area contributed by atoms with Crippen molar-refractivity contribution in [2.45, 2.75) is 6.18 Å². The Labute approximate surface area is 136 Å². The van der Waals surface area contributed by atoms with Gasteiger partial charge < -0.3 is 5.11 Å². The second-order valence-electron chi connectivity index (χ2n) is 5.29. The Kier molecular flexibility index (Phi) is 3.04. The van der Waals surface area contributed by atoms with Crippen LogP contribution in [-0.2, 0) is 6.18 Å². The molecule has 4 rings (SSSR count). The molecule has 3 heterocycles. The number of hydrogen-bond acceptors (Lipinski definition) is 4. The number of aromatic nitrogens is 5. The molecule has 0 unspecified atom stereocenters. The third-order valence-corrected chi connectivity index (χ3v) is 3.74. The monoisotopic (exact) mass is 347 g/mol. The number of H-pyrrole nitrogens is 1. The van der Waals surface area contributed by atoms with Crippen molar-refractivity contribution in [2.75, 3.05) is 0 Å². The first kappa shape index (κ1) is 15.1. The van der Waals surface area contributed by atoms with Gasteiger partial charge in [-0.1, -0.05) is 0 Å². The van der Waals surface area contributed by atoms with Crippen LogP contribution >= 0.6 is 0 Å². The number of carboxylic acid groups (broad SMARTS) is 1. The number of nitrogens with one attached hydrogen (secondary N) is 1. The average molecular weight is 347 g/mol. The Morgan fingerprint density at radius 3 is 2.72 bits per heavy atom. The van der Waals surface area contributed by atoms with Crippen LogP contribution in [0.25, 0.3) is 27.8 Å². The molecule has 1 aromatic carbocycles. The second-order valence-corrected chi connectivity index (χ2v) is 5.29. The van der Waals surface area contributed by atoms with Gasteiger partial charge in [0.2, 0.25) is 0 Å². The summed E-state index contributed by atoms with van der Waals surface area (Å²) in [4.78, 5) is 15.2. The number of halogens is 3. The number of fused-ring (bicyclic) bond motifs is 2. The van der Waals surface area contributed by atoms with Gasteiger partial charge in [0.05, 0.1) is 29.2 Å². The Morgan fingerprint density at radius 2 is 2.00 bits per heavy atom. The molecule has 0 atom stereocenters. The molecule has 0 aliphatic carbocycles. The van der Waals surface area contributed by atoms with E-state index in [0.29, 0.717) is 11.0 Å². The first-order valence-corrected chi connectivity index (χ1v) is 6.97. The highest BCUT2D eigenvalue weighted by molar-refractivity contribution is 5.94. The number of rotatable bonds is 2. The van der Waals surface area contributed by atoms with E-state index in [0.717, 1.165) is 12.1 Å². The van der Waals surface area contributed by atoms with Crippen LogP contribution in [0.2, 0.25) is 0 Å². The van der Waals surface area contributed by atoms with Gasteiger partial charge in [0.25, 0.3) is 0 Å². The lowest BCUT2D eigenvalue weighted by Crippen LogP contribution is -2.07. The van der Waals surface area contributed by atoms with E-state index >= 15 is 0 Å². The molecule has 7 nitrogen and oxygen atoms in total. The van der Waals surface area contributed by atoms with Gasteiger partial charge in [0, 0.05) is 10.9 Å². The van der Waals surface area contributed by atoms with Crippen molar-refractivity contribution in [3.05, 3.63) is 47.9 Å². The molecule has 0 spiro atoms. The minimum Gasteiger partial charge on any atom is -0.476 e. The van der Waals surface area contributed by atoms with E-state index in [9.17, 15) is 18.0 Å². The SMILES string of the molecule is O=C(O)c1ccc2ncc(-c3cc(C(F)(F)F)cc4[nH]ncc34)n2n1. The predicted molar refractivity (Wildman–Crippen MR) is 80.0 cm³/mol. The van der Waals surface area contributed by atoms with Gasteiger partial charge in [-0.25, -0.2) is 14.3 Å². The van der Waals surface area contributed by atoms with Crippen LogP contribution in [0.4, 0.5) is 13.2 Å². The number of benzene rings is 1. The van der Waals surface area contributed by atoms with E-state index < -0.39 is 17.7 Å². The van der Waals surface area contributed by atoms with E-state index in [2.05, 4.69) is 20.3 Å². The first-order chi connectivity index (χ1) is 11.8. The molecular weight excluding hydrogens is 339 g/mol. The summed E-state index contributed by atoms with van der Waals surface area (Å²) in [7, 11) is 0. The van der Waals surface area contributed by atoms with Crippen LogP contribution in [0.15, 0.2) is 36.7 Å². The zero-order chi connectivity index (χ0) is 17.8. The third-order valence-electron chi connectivity index (χ3n) is 3.74. The van der Waals surface area contributed by atoms with Gasteiger partial charge in [0.15, 0.2) is 11.3 Å². The van der Waals surface area contributed by atoms with Crippen molar-refractivity contribution in [1.29, 1.82) is 0 Å². The van der Waals surface area contributed by atoms with Crippen LogP contribution in [0.5, 0.6) is 0 Å². The standard InChI is InChI=1S/C15H8F3N5O2/c16-15(17,18)7-3-8(9-5-20-21-11(9)4-7)12-6-19-13-2-1-10(14(24)25)22-23(12)13/h1-6H,(H,20,21)(H,24,25). The fourth-order valence-electron chi connectivity index (χ4n) is 2.60. The van der Waals surface area contributed by atoms with Crippen molar-refractivity contribution in [3.63, 3.8) is 0 Å².